The zero-order valence-corrected chi connectivity index (χ0v) is 11.3. The molecule has 0 aliphatic heterocycles. The van der Waals surface area contributed by atoms with Crippen LogP contribution in [0.5, 0.6) is 0 Å². The molecule has 1 aromatic rings. The normalized spacial score (nSPS) is 10.9. The molecule has 0 aliphatic rings. The minimum atomic E-state index is -0.300. The van der Waals surface area contributed by atoms with Crippen molar-refractivity contribution in [3.05, 3.63) is 35.6 Å². The molecule has 1 aromatic carbocycles. The summed E-state index contributed by atoms with van der Waals surface area (Å²) in [4.78, 5) is 14.1. The third-order valence-corrected chi connectivity index (χ3v) is 3.00. The Hall–Kier alpha value is -1.22. The Morgan fingerprint density at radius 3 is 2.39 bits per heavy atom. The summed E-state index contributed by atoms with van der Waals surface area (Å²) in [5.41, 5.74) is 0.604. The molecule has 0 fully saturated rings. The molecule has 0 saturated carbocycles. The number of hydrogen-bond donors (Lipinski definition) is 0. The van der Waals surface area contributed by atoms with Gasteiger partial charge in [-0.25, -0.2) is 4.39 Å². The fourth-order valence-electron chi connectivity index (χ4n) is 1.83. The van der Waals surface area contributed by atoms with E-state index in [-0.39, 0.29) is 11.6 Å². The molecule has 0 atom stereocenters. The summed E-state index contributed by atoms with van der Waals surface area (Å²) >= 11 is 0. The summed E-state index contributed by atoms with van der Waals surface area (Å²) in [6, 6.07) is 5.78. The number of benzene rings is 1. The minimum absolute atomic E-state index is 0.0962. The fourth-order valence-corrected chi connectivity index (χ4v) is 1.83. The van der Waals surface area contributed by atoms with Crippen LogP contribution in [0.3, 0.4) is 0 Å². The van der Waals surface area contributed by atoms with Crippen molar-refractivity contribution in [2.45, 2.75) is 32.6 Å². The maximum atomic E-state index is 12.7. The van der Waals surface area contributed by atoms with E-state index in [9.17, 15) is 9.18 Å². The molecule has 0 saturated heterocycles. The fraction of sp³-hybridized carbons (Fsp3) is 0.533. The van der Waals surface area contributed by atoms with Crippen molar-refractivity contribution in [3.8, 4) is 0 Å². The topological polar surface area (TPSA) is 20.3 Å². The highest BCUT2D eigenvalue weighted by atomic mass is 19.1. The van der Waals surface area contributed by atoms with Crippen LogP contribution in [-0.2, 0) is 0 Å². The molecule has 0 amide bonds. The van der Waals surface area contributed by atoms with Gasteiger partial charge in [-0.15, -0.1) is 0 Å². The van der Waals surface area contributed by atoms with Crippen LogP contribution in [0, 0.1) is 5.82 Å². The van der Waals surface area contributed by atoms with Gasteiger partial charge in [-0.2, -0.15) is 0 Å². The van der Waals surface area contributed by atoms with E-state index in [0.717, 1.165) is 19.5 Å². The van der Waals surface area contributed by atoms with Crippen LogP contribution in [0.1, 0.15) is 43.0 Å². The number of carbonyl (C=O) groups is 1. The van der Waals surface area contributed by atoms with Gasteiger partial charge in [0.05, 0.1) is 0 Å². The molecular formula is C15H22FNO. The van der Waals surface area contributed by atoms with E-state index in [1.165, 1.54) is 25.0 Å². The van der Waals surface area contributed by atoms with Gasteiger partial charge in [0.25, 0.3) is 0 Å². The molecule has 2 nitrogen and oxygen atoms in total. The quantitative estimate of drug-likeness (QED) is 0.659. The third kappa shape index (κ3) is 5.41. The lowest BCUT2D eigenvalue weighted by Crippen LogP contribution is -2.21. The van der Waals surface area contributed by atoms with Crippen LogP contribution >= 0.6 is 0 Å². The predicted molar refractivity (Wildman–Crippen MR) is 72.4 cm³/mol. The van der Waals surface area contributed by atoms with Crippen molar-refractivity contribution < 1.29 is 9.18 Å². The van der Waals surface area contributed by atoms with E-state index >= 15 is 0 Å². The Labute approximate surface area is 109 Å². The van der Waals surface area contributed by atoms with Crippen LogP contribution in [0.25, 0.3) is 0 Å². The molecule has 0 N–H and O–H groups in total. The van der Waals surface area contributed by atoms with Gasteiger partial charge in [0.15, 0.2) is 5.78 Å². The molecule has 0 heterocycles. The zero-order valence-electron chi connectivity index (χ0n) is 11.3. The van der Waals surface area contributed by atoms with Crippen LogP contribution in [0.15, 0.2) is 24.3 Å². The highest BCUT2D eigenvalue weighted by Gasteiger charge is 2.06. The lowest BCUT2D eigenvalue weighted by molar-refractivity contribution is 0.0976. The molecule has 0 aliphatic carbocycles. The molecule has 0 bridgehead atoms. The lowest BCUT2D eigenvalue weighted by atomic mass is 10.1. The standard InChI is InChI=1S/C15H22FNO/c1-3-4-11-17(2)12-5-6-15(18)13-7-9-14(16)10-8-13/h7-10H,3-6,11-12H2,1-2H3. The molecule has 0 unspecified atom stereocenters. The molecule has 0 radical (unpaired) electrons. The Kier molecular flexibility index (Phi) is 6.58. The van der Waals surface area contributed by atoms with Crippen molar-refractivity contribution in [2.75, 3.05) is 20.1 Å². The van der Waals surface area contributed by atoms with Gasteiger partial charge in [0.1, 0.15) is 5.82 Å². The SMILES string of the molecule is CCCCN(C)CCCC(=O)c1ccc(F)cc1. The highest BCUT2D eigenvalue weighted by Crippen LogP contribution is 2.07. The second kappa shape index (κ2) is 7.98. The molecule has 0 spiro atoms. The van der Waals surface area contributed by atoms with Crippen molar-refractivity contribution >= 4 is 5.78 Å². The van der Waals surface area contributed by atoms with E-state index < -0.39 is 0 Å². The average Bonchev–Trinajstić information content (AvgIpc) is 2.37. The summed E-state index contributed by atoms with van der Waals surface area (Å²) in [7, 11) is 2.08. The lowest BCUT2D eigenvalue weighted by Gasteiger charge is -2.15. The third-order valence-electron chi connectivity index (χ3n) is 3.00. The van der Waals surface area contributed by atoms with Crippen molar-refractivity contribution in [3.63, 3.8) is 0 Å². The second-order valence-electron chi connectivity index (χ2n) is 4.69. The van der Waals surface area contributed by atoms with E-state index in [0.29, 0.717) is 12.0 Å². The first-order valence-corrected chi connectivity index (χ1v) is 6.60. The van der Waals surface area contributed by atoms with Gasteiger partial charge in [-0.05, 0) is 57.2 Å². The van der Waals surface area contributed by atoms with Crippen molar-refractivity contribution in [1.29, 1.82) is 0 Å². The van der Waals surface area contributed by atoms with E-state index in [4.69, 9.17) is 0 Å². The minimum Gasteiger partial charge on any atom is -0.306 e. The summed E-state index contributed by atoms with van der Waals surface area (Å²) in [6.07, 6.45) is 3.78. The summed E-state index contributed by atoms with van der Waals surface area (Å²) in [5, 5.41) is 0. The summed E-state index contributed by atoms with van der Waals surface area (Å²) < 4.78 is 12.7. The van der Waals surface area contributed by atoms with Crippen LogP contribution in [-0.4, -0.2) is 30.8 Å². The maximum absolute atomic E-state index is 12.7. The Bertz CT molecular complexity index is 361. The van der Waals surface area contributed by atoms with E-state index in [2.05, 4.69) is 18.9 Å². The first-order valence-electron chi connectivity index (χ1n) is 6.60. The van der Waals surface area contributed by atoms with Crippen LogP contribution in [0.2, 0.25) is 0 Å². The van der Waals surface area contributed by atoms with Crippen molar-refractivity contribution in [2.24, 2.45) is 0 Å². The number of unbranched alkanes of at least 4 members (excludes halogenated alkanes) is 1. The van der Waals surface area contributed by atoms with E-state index in [1.54, 1.807) is 12.1 Å². The van der Waals surface area contributed by atoms with Gasteiger partial charge in [-0.1, -0.05) is 13.3 Å². The number of halogens is 1. The predicted octanol–water partition coefficient (Wildman–Crippen LogP) is 3.52. The summed E-state index contributed by atoms with van der Waals surface area (Å²) in [6.45, 7) is 4.19. The van der Waals surface area contributed by atoms with Crippen LogP contribution < -0.4 is 0 Å². The van der Waals surface area contributed by atoms with Crippen LogP contribution in [0.4, 0.5) is 4.39 Å². The van der Waals surface area contributed by atoms with Gasteiger partial charge in [0.2, 0.25) is 0 Å². The zero-order chi connectivity index (χ0) is 13.4. The number of rotatable bonds is 8. The maximum Gasteiger partial charge on any atom is 0.162 e. The van der Waals surface area contributed by atoms with E-state index in [1.807, 2.05) is 0 Å². The number of Topliss-reactive ketones (excluding diaryl/α,β-unsaturated/α-hetero) is 1. The summed E-state index contributed by atoms with van der Waals surface area (Å²) in [5.74, 6) is -0.204. The van der Waals surface area contributed by atoms with Gasteiger partial charge < -0.3 is 4.90 Å². The number of carbonyl (C=O) groups excluding carboxylic acids is 1. The number of nitrogens with zero attached hydrogens (tertiary/aromatic N) is 1. The average molecular weight is 251 g/mol. The molecule has 3 heteroatoms. The molecule has 100 valence electrons. The van der Waals surface area contributed by atoms with Gasteiger partial charge in [0, 0.05) is 12.0 Å². The number of hydrogen-bond acceptors (Lipinski definition) is 2. The monoisotopic (exact) mass is 251 g/mol. The largest absolute Gasteiger partial charge is 0.306 e. The molecule has 18 heavy (non-hydrogen) atoms. The molecule has 0 aromatic heterocycles. The van der Waals surface area contributed by atoms with Crippen molar-refractivity contribution in [1.82, 2.24) is 4.90 Å². The van der Waals surface area contributed by atoms with Gasteiger partial charge >= 0.3 is 0 Å². The Morgan fingerprint density at radius 1 is 1.17 bits per heavy atom. The Morgan fingerprint density at radius 2 is 1.78 bits per heavy atom. The first-order chi connectivity index (χ1) is 8.63. The van der Waals surface area contributed by atoms with Gasteiger partial charge in [-0.3, -0.25) is 4.79 Å². The second-order valence-corrected chi connectivity index (χ2v) is 4.69. The highest BCUT2D eigenvalue weighted by molar-refractivity contribution is 5.95. The smallest absolute Gasteiger partial charge is 0.162 e. The first kappa shape index (κ1) is 14.8. The number of ketones is 1. The molecular weight excluding hydrogens is 229 g/mol. The molecule has 1 rings (SSSR count). The Balaban J connectivity index is 2.27.